The Morgan fingerprint density at radius 1 is 1.03 bits per heavy atom. The van der Waals surface area contributed by atoms with Crippen LogP contribution in [0, 0.1) is 5.82 Å². The molecule has 170 valence electrons. The van der Waals surface area contributed by atoms with Gasteiger partial charge in [0.05, 0.1) is 13.0 Å². The van der Waals surface area contributed by atoms with Crippen molar-refractivity contribution in [2.75, 3.05) is 23.5 Å². The molecule has 4 rings (SSSR count). The summed E-state index contributed by atoms with van der Waals surface area (Å²) >= 11 is 0. The minimum atomic E-state index is -0.402. The van der Waals surface area contributed by atoms with Crippen LogP contribution in [0.25, 0.3) is 0 Å². The highest BCUT2D eigenvalue weighted by Gasteiger charge is 2.38. The highest BCUT2D eigenvalue weighted by atomic mass is 19.1. The average molecular weight is 447 g/mol. The Bertz CT molecular complexity index is 1140. The molecule has 33 heavy (non-hydrogen) atoms. The first-order valence-corrected chi connectivity index (χ1v) is 11.1. The fraction of sp³-hybridized carbons (Fsp3) is 0.259. The van der Waals surface area contributed by atoms with Crippen molar-refractivity contribution in [3.05, 3.63) is 89.7 Å². The van der Waals surface area contributed by atoms with E-state index in [-0.39, 0.29) is 23.7 Å². The number of hydrogen-bond acceptors (Lipinski definition) is 3. The van der Waals surface area contributed by atoms with Gasteiger partial charge in [0, 0.05) is 29.5 Å². The van der Waals surface area contributed by atoms with Crippen molar-refractivity contribution in [1.29, 1.82) is 0 Å². The fourth-order valence-electron chi connectivity index (χ4n) is 4.50. The minimum Gasteiger partial charge on any atom is -0.497 e. The molecule has 6 heteroatoms. The summed E-state index contributed by atoms with van der Waals surface area (Å²) in [6.07, 6.45) is 0.495. The third-order valence-electron chi connectivity index (χ3n) is 6.16. The maximum Gasteiger partial charge on any atom is 0.258 e. The molecule has 0 bridgehead atoms. The van der Waals surface area contributed by atoms with Crippen LogP contribution in [0.15, 0.2) is 72.8 Å². The van der Waals surface area contributed by atoms with Crippen LogP contribution in [0.2, 0.25) is 0 Å². The normalized spacial score (nSPS) is 17.3. The van der Waals surface area contributed by atoms with Crippen LogP contribution in [-0.2, 0) is 4.79 Å². The molecule has 0 N–H and O–H groups in total. The molecule has 0 spiro atoms. The molecule has 2 atom stereocenters. The van der Waals surface area contributed by atoms with Crippen molar-refractivity contribution in [3.8, 4) is 5.75 Å². The number of amides is 2. The lowest BCUT2D eigenvalue weighted by Gasteiger charge is -2.40. The van der Waals surface area contributed by atoms with E-state index in [2.05, 4.69) is 0 Å². The summed E-state index contributed by atoms with van der Waals surface area (Å²) in [6.45, 7) is 4.33. The van der Waals surface area contributed by atoms with Crippen LogP contribution in [0.3, 0.4) is 0 Å². The Kier molecular flexibility index (Phi) is 6.45. The molecule has 3 aromatic carbocycles. The minimum absolute atomic E-state index is 0.0556. The first kappa shape index (κ1) is 22.5. The second-order valence-electron chi connectivity index (χ2n) is 8.16. The van der Waals surface area contributed by atoms with Gasteiger partial charge < -0.3 is 14.5 Å². The Morgan fingerprint density at radius 3 is 2.33 bits per heavy atom. The van der Waals surface area contributed by atoms with E-state index in [0.29, 0.717) is 30.0 Å². The van der Waals surface area contributed by atoms with Gasteiger partial charge in [-0.15, -0.1) is 0 Å². The predicted octanol–water partition coefficient (Wildman–Crippen LogP) is 5.41. The number of likely N-dealkylation sites (N-methyl/N-ethyl adjacent to an activating group) is 1. The summed E-state index contributed by atoms with van der Waals surface area (Å²) < 4.78 is 18.6. The molecule has 0 saturated heterocycles. The number of nitrogens with zero attached hydrogens (tertiary/aromatic N) is 2. The first-order valence-electron chi connectivity index (χ1n) is 11.1. The van der Waals surface area contributed by atoms with Crippen LogP contribution in [0.1, 0.15) is 42.1 Å². The average Bonchev–Trinajstić information content (AvgIpc) is 2.84. The molecule has 0 saturated carbocycles. The molecule has 1 aliphatic heterocycles. The fourth-order valence-corrected chi connectivity index (χ4v) is 4.50. The number of hydrogen-bond donors (Lipinski definition) is 0. The van der Waals surface area contributed by atoms with Gasteiger partial charge in [0.15, 0.2) is 0 Å². The van der Waals surface area contributed by atoms with E-state index in [0.717, 1.165) is 11.3 Å². The van der Waals surface area contributed by atoms with E-state index in [1.165, 1.54) is 12.1 Å². The van der Waals surface area contributed by atoms with Gasteiger partial charge in [-0.1, -0.05) is 18.2 Å². The number of carbonyl (C=O) groups excluding carboxylic acids is 2. The molecular weight excluding hydrogens is 419 g/mol. The molecule has 5 nitrogen and oxygen atoms in total. The maximum absolute atomic E-state index is 13.7. The molecular formula is C27H27FN2O3. The van der Waals surface area contributed by atoms with Crippen LogP contribution >= 0.6 is 0 Å². The van der Waals surface area contributed by atoms with Crippen molar-refractivity contribution in [2.45, 2.75) is 32.2 Å². The van der Waals surface area contributed by atoms with Gasteiger partial charge in [0.1, 0.15) is 11.6 Å². The zero-order chi connectivity index (χ0) is 23.5. The van der Waals surface area contributed by atoms with Crippen LogP contribution in [0.4, 0.5) is 15.8 Å². The number of rotatable bonds is 5. The van der Waals surface area contributed by atoms with Crippen LogP contribution < -0.4 is 14.5 Å². The van der Waals surface area contributed by atoms with Gasteiger partial charge in [-0.3, -0.25) is 9.59 Å². The molecule has 0 radical (unpaired) electrons. The monoisotopic (exact) mass is 446 g/mol. The van der Waals surface area contributed by atoms with E-state index in [1.54, 1.807) is 53.3 Å². The van der Waals surface area contributed by atoms with Crippen molar-refractivity contribution >= 4 is 23.2 Å². The first-order chi connectivity index (χ1) is 15.9. The third-order valence-corrected chi connectivity index (χ3v) is 6.16. The van der Waals surface area contributed by atoms with Crippen molar-refractivity contribution in [1.82, 2.24) is 0 Å². The Hall–Kier alpha value is -3.67. The number of carbonyl (C=O) groups is 2. The van der Waals surface area contributed by atoms with Gasteiger partial charge in [-0.25, -0.2) is 4.39 Å². The molecule has 0 unspecified atom stereocenters. The number of benzene rings is 3. The summed E-state index contributed by atoms with van der Waals surface area (Å²) in [5.41, 5.74) is 2.78. The number of fused-ring (bicyclic) bond motifs is 1. The largest absolute Gasteiger partial charge is 0.497 e. The second-order valence-corrected chi connectivity index (χ2v) is 8.16. The number of halogens is 1. The lowest BCUT2D eigenvalue weighted by molar-refractivity contribution is -0.120. The lowest BCUT2D eigenvalue weighted by Crippen LogP contribution is -2.46. The standard InChI is InChI=1S/C27H27FN2O3/c1-4-29(21-13-11-20(28)12-14-21)27(32)24-17-18(2)30(25-8-6-5-7-23(24)25)26(31)19-9-15-22(33-3)16-10-19/h5-16,18,24H,4,17H2,1-3H3/t18-,24-/m1/s1. The Balaban J connectivity index is 1.68. The summed E-state index contributed by atoms with van der Waals surface area (Å²) in [7, 11) is 1.59. The number of para-hydroxylation sites is 1. The van der Waals surface area contributed by atoms with E-state index >= 15 is 0 Å². The SMILES string of the molecule is CCN(C(=O)[C@@H]1C[C@@H](C)N(C(=O)c2ccc(OC)cc2)c2ccccc21)c1ccc(F)cc1. The van der Waals surface area contributed by atoms with E-state index in [4.69, 9.17) is 4.74 Å². The smallest absolute Gasteiger partial charge is 0.258 e. The van der Waals surface area contributed by atoms with Gasteiger partial charge in [-0.2, -0.15) is 0 Å². The van der Waals surface area contributed by atoms with Crippen molar-refractivity contribution in [2.24, 2.45) is 0 Å². The Morgan fingerprint density at radius 2 is 1.70 bits per heavy atom. The van der Waals surface area contributed by atoms with E-state index < -0.39 is 5.92 Å². The van der Waals surface area contributed by atoms with Gasteiger partial charge in [0.25, 0.3) is 5.91 Å². The molecule has 1 aliphatic rings. The molecule has 2 amide bonds. The molecule has 1 heterocycles. The third kappa shape index (κ3) is 4.33. The van der Waals surface area contributed by atoms with Gasteiger partial charge in [0.2, 0.25) is 5.91 Å². The molecule has 0 fully saturated rings. The summed E-state index contributed by atoms with van der Waals surface area (Å²) in [4.78, 5) is 30.5. The number of ether oxygens (including phenoxy) is 1. The zero-order valence-electron chi connectivity index (χ0n) is 19.0. The number of methoxy groups -OCH3 is 1. The second kappa shape index (κ2) is 9.45. The molecule has 3 aromatic rings. The summed E-state index contributed by atoms with van der Waals surface area (Å²) in [5, 5.41) is 0. The van der Waals surface area contributed by atoms with E-state index in [9.17, 15) is 14.0 Å². The Labute approximate surface area is 193 Å². The quantitative estimate of drug-likeness (QED) is 0.527. The number of anilines is 2. The van der Waals surface area contributed by atoms with Crippen LogP contribution in [0.5, 0.6) is 5.75 Å². The summed E-state index contributed by atoms with van der Waals surface area (Å²) in [6, 6.07) is 20.4. The van der Waals surface area contributed by atoms with Gasteiger partial charge >= 0.3 is 0 Å². The highest BCUT2D eigenvalue weighted by molar-refractivity contribution is 6.09. The topological polar surface area (TPSA) is 49.9 Å². The predicted molar refractivity (Wildman–Crippen MR) is 127 cm³/mol. The zero-order valence-corrected chi connectivity index (χ0v) is 19.0. The van der Waals surface area contributed by atoms with Crippen LogP contribution in [-0.4, -0.2) is 31.5 Å². The van der Waals surface area contributed by atoms with Gasteiger partial charge in [-0.05, 0) is 80.4 Å². The highest BCUT2D eigenvalue weighted by Crippen LogP contribution is 2.40. The lowest BCUT2D eigenvalue weighted by atomic mass is 9.84. The molecule has 0 aliphatic carbocycles. The maximum atomic E-state index is 13.7. The van der Waals surface area contributed by atoms with Crippen molar-refractivity contribution < 1.29 is 18.7 Å². The van der Waals surface area contributed by atoms with Crippen molar-refractivity contribution in [3.63, 3.8) is 0 Å². The summed E-state index contributed by atoms with van der Waals surface area (Å²) in [5.74, 6) is -0.230. The molecule has 0 aromatic heterocycles. The van der Waals surface area contributed by atoms with E-state index in [1.807, 2.05) is 38.1 Å².